The zero-order chi connectivity index (χ0) is 43.5. The third kappa shape index (κ3) is 9.56. The Labute approximate surface area is 339 Å². The van der Waals surface area contributed by atoms with Crippen LogP contribution in [-0.2, 0) is 24.6 Å². The molecule has 6 atom stereocenters. The lowest BCUT2D eigenvalue weighted by Crippen LogP contribution is -2.64. The normalized spacial score (nSPS) is 24.2. The molecule has 324 valence electrons. The molecule has 4 N–H and O–H groups in total. The van der Waals surface area contributed by atoms with Crippen LogP contribution in [0.3, 0.4) is 0 Å². The minimum atomic E-state index is -4.65. The number of nitrogens with zero attached hydrogens (tertiary/aromatic N) is 2. The van der Waals surface area contributed by atoms with Gasteiger partial charge >= 0.3 is 12.2 Å². The number of likely N-dealkylation sites (N-methyl/N-ethyl adjacent to an activating group) is 1. The van der Waals surface area contributed by atoms with Crippen molar-refractivity contribution >= 4 is 35.2 Å². The molecule has 1 aromatic carbocycles. The van der Waals surface area contributed by atoms with Crippen LogP contribution in [0.15, 0.2) is 9.59 Å². The second kappa shape index (κ2) is 15.9. The lowest BCUT2D eigenvalue weighted by Gasteiger charge is -2.43. The van der Waals surface area contributed by atoms with Crippen LogP contribution in [0.2, 0.25) is 0 Å². The van der Waals surface area contributed by atoms with Crippen LogP contribution < -0.4 is 37.0 Å². The zero-order valence-electron chi connectivity index (χ0n) is 35.7. The Kier molecular flexibility index (Phi) is 12.4. The second-order valence-corrected chi connectivity index (χ2v) is 20.4. The molecule has 13 nitrogen and oxygen atoms in total. The van der Waals surface area contributed by atoms with Gasteiger partial charge in [0.15, 0.2) is 0 Å². The number of nitrogens with one attached hydrogen (secondary N) is 4. The summed E-state index contributed by atoms with van der Waals surface area (Å²) in [5, 5.41) is 11.0. The van der Waals surface area contributed by atoms with Crippen molar-refractivity contribution in [3.05, 3.63) is 26.0 Å². The first kappa shape index (κ1) is 45.1. The van der Waals surface area contributed by atoms with E-state index in [-0.39, 0.29) is 36.4 Å². The molecule has 5 rings (SSSR count). The standard InChI is InChI=1S/C42H63F3N6O7/c1-38(2,3)25(21-50(10)28-27(39(4,5)6)31(53)32(28)54)48-37(58)49-33(41(9)17-12-11-13-18-41)36(57)51-20-23-26(40(23,7)8)29(51)34(55)47-24(16-19-42(43,44)45)30(52)35(56)46-22-14-15-22/h22-26,29,33H,11-21H2,1-10H3,(H,46,56)(H,47,55)(H2,48,49,58)/t23-,24+,25+,26-,29-,33+/m0/s1. The van der Waals surface area contributed by atoms with Gasteiger partial charge in [-0.1, -0.05) is 81.6 Å². The molecule has 0 unspecified atom stereocenters. The Morgan fingerprint density at radius 3 is 2.02 bits per heavy atom. The number of fused-ring (bicyclic) bond motifs is 1. The summed E-state index contributed by atoms with van der Waals surface area (Å²) in [6.45, 7) is 17.5. The molecule has 3 saturated carbocycles. The molecular weight excluding hydrogens is 757 g/mol. The molecule has 0 aromatic heterocycles. The smallest absolute Gasteiger partial charge is 0.369 e. The minimum Gasteiger partial charge on any atom is -0.369 e. The number of piperidine rings is 1. The summed E-state index contributed by atoms with van der Waals surface area (Å²) >= 11 is 0. The molecule has 4 aliphatic rings. The van der Waals surface area contributed by atoms with Gasteiger partial charge in [-0.15, -0.1) is 0 Å². The fourth-order valence-electron chi connectivity index (χ4n) is 9.31. The Bertz CT molecular complexity index is 1850. The Morgan fingerprint density at radius 1 is 0.879 bits per heavy atom. The molecule has 1 heterocycles. The van der Waals surface area contributed by atoms with Crippen LogP contribution in [0.4, 0.5) is 23.7 Å². The van der Waals surface area contributed by atoms with E-state index >= 15 is 0 Å². The topological polar surface area (TPSA) is 174 Å². The van der Waals surface area contributed by atoms with Crippen molar-refractivity contribution in [3.63, 3.8) is 0 Å². The average Bonchev–Trinajstić information content (AvgIpc) is 3.96. The van der Waals surface area contributed by atoms with E-state index in [1.54, 1.807) is 11.9 Å². The molecule has 58 heavy (non-hydrogen) atoms. The predicted molar refractivity (Wildman–Crippen MR) is 213 cm³/mol. The first-order valence-electron chi connectivity index (χ1n) is 20.7. The fourth-order valence-corrected chi connectivity index (χ4v) is 9.31. The van der Waals surface area contributed by atoms with E-state index in [0.29, 0.717) is 36.9 Å². The van der Waals surface area contributed by atoms with E-state index in [2.05, 4.69) is 21.3 Å². The van der Waals surface area contributed by atoms with Crippen LogP contribution in [0.25, 0.3) is 0 Å². The molecular formula is C42H63F3N6O7. The van der Waals surface area contributed by atoms with E-state index in [1.165, 1.54) is 4.90 Å². The lowest BCUT2D eigenvalue weighted by atomic mass is 9.70. The Hall–Kier alpha value is -3.98. The molecule has 3 aliphatic carbocycles. The highest BCUT2D eigenvalue weighted by Crippen LogP contribution is 2.65. The number of carbonyl (C=O) groups is 5. The number of halogens is 3. The summed E-state index contributed by atoms with van der Waals surface area (Å²) in [5.41, 5.74) is -2.57. The molecule has 4 fully saturated rings. The third-order valence-electron chi connectivity index (χ3n) is 13.3. The summed E-state index contributed by atoms with van der Waals surface area (Å²) < 4.78 is 40.2. The van der Waals surface area contributed by atoms with E-state index in [0.717, 1.165) is 19.3 Å². The SMILES string of the molecule is CN(C[C@@H](NC(=O)N[C@H](C(=O)N1C[C@H]2[C@@H]([C@H]1C(=O)N[C@H](CCC(F)(F)F)C(=O)C(=O)NC1CC1)C2(C)C)C1(C)CCCCC1)C(C)(C)C)c1c(C(C)(C)C)c(=O)c1=O. The first-order chi connectivity index (χ1) is 26.6. The highest BCUT2D eigenvalue weighted by molar-refractivity contribution is 6.38. The van der Waals surface area contributed by atoms with Crippen LogP contribution >= 0.6 is 0 Å². The van der Waals surface area contributed by atoms with Crippen LogP contribution in [0, 0.1) is 28.1 Å². The number of hydrogen-bond donors (Lipinski definition) is 4. The van der Waals surface area contributed by atoms with E-state index in [4.69, 9.17) is 0 Å². The van der Waals surface area contributed by atoms with Crippen molar-refractivity contribution < 1.29 is 37.1 Å². The maximum absolute atomic E-state index is 14.9. The number of likely N-dealkylation sites (tertiary alicyclic amines) is 1. The van der Waals surface area contributed by atoms with Gasteiger partial charge in [-0.2, -0.15) is 13.2 Å². The molecule has 1 aliphatic heterocycles. The van der Waals surface area contributed by atoms with Crippen molar-refractivity contribution in [1.82, 2.24) is 26.2 Å². The number of hydrogen-bond acceptors (Lipinski definition) is 8. The van der Waals surface area contributed by atoms with Crippen LogP contribution in [0.5, 0.6) is 0 Å². The van der Waals surface area contributed by atoms with Crippen LogP contribution in [0.1, 0.15) is 126 Å². The molecule has 0 bridgehead atoms. The fraction of sp³-hybridized carbons (Fsp3) is 0.786. The Balaban J connectivity index is 1.39. The Morgan fingerprint density at radius 2 is 1.48 bits per heavy atom. The summed E-state index contributed by atoms with van der Waals surface area (Å²) in [4.78, 5) is 97.6. The average molecular weight is 821 g/mol. The van der Waals surface area contributed by atoms with Gasteiger partial charge in [-0.25, -0.2) is 4.79 Å². The maximum Gasteiger partial charge on any atom is 0.389 e. The largest absolute Gasteiger partial charge is 0.389 e. The van der Waals surface area contributed by atoms with Crippen LogP contribution in [-0.4, -0.2) is 91.0 Å². The van der Waals surface area contributed by atoms with Gasteiger partial charge in [0.05, 0.1) is 17.8 Å². The van der Waals surface area contributed by atoms with Gasteiger partial charge in [0, 0.05) is 38.2 Å². The van der Waals surface area contributed by atoms with E-state index < -0.39 is 99.8 Å². The monoisotopic (exact) mass is 820 g/mol. The quantitative estimate of drug-likeness (QED) is 0.202. The van der Waals surface area contributed by atoms with Gasteiger partial charge in [-0.3, -0.25) is 28.8 Å². The zero-order valence-corrected chi connectivity index (χ0v) is 35.7. The van der Waals surface area contributed by atoms with Crippen molar-refractivity contribution in [1.29, 1.82) is 0 Å². The van der Waals surface area contributed by atoms with Gasteiger partial charge in [-0.05, 0) is 65.6 Å². The van der Waals surface area contributed by atoms with Crippen molar-refractivity contribution in [2.75, 3.05) is 25.0 Å². The lowest BCUT2D eigenvalue weighted by molar-refractivity contribution is -0.148. The van der Waals surface area contributed by atoms with Gasteiger partial charge in [0.2, 0.25) is 28.5 Å². The molecule has 1 aromatic rings. The second-order valence-electron chi connectivity index (χ2n) is 20.4. The van der Waals surface area contributed by atoms with Crippen molar-refractivity contribution in [2.24, 2.45) is 28.1 Å². The summed E-state index contributed by atoms with van der Waals surface area (Å²) in [5.74, 6) is -4.02. The third-order valence-corrected chi connectivity index (χ3v) is 13.3. The number of urea groups is 1. The summed E-state index contributed by atoms with van der Waals surface area (Å²) in [6, 6.07) is -5.42. The molecule has 0 radical (unpaired) electrons. The van der Waals surface area contributed by atoms with E-state index in [9.17, 15) is 46.7 Å². The number of rotatable bonds is 14. The number of alkyl halides is 3. The number of anilines is 1. The minimum absolute atomic E-state index is 0.113. The predicted octanol–water partition coefficient (Wildman–Crippen LogP) is 4.23. The summed E-state index contributed by atoms with van der Waals surface area (Å²) in [7, 11) is 1.70. The van der Waals surface area contributed by atoms with Gasteiger partial charge < -0.3 is 31.1 Å². The molecule has 0 spiro atoms. The van der Waals surface area contributed by atoms with E-state index in [1.807, 2.05) is 62.3 Å². The molecule has 1 saturated heterocycles. The number of Topliss-reactive ketones (excluding diaryl/α,β-unsaturated/α-hetero) is 1. The number of ketones is 1. The number of carbonyl (C=O) groups excluding carboxylic acids is 5. The summed E-state index contributed by atoms with van der Waals surface area (Å²) in [6.07, 6.45) is -1.79. The molecule has 5 amide bonds. The number of amides is 5. The maximum atomic E-state index is 14.9. The van der Waals surface area contributed by atoms with Gasteiger partial charge in [0.1, 0.15) is 12.1 Å². The molecule has 16 heteroatoms. The van der Waals surface area contributed by atoms with Crippen molar-refractivity contribution in [3.8, 4) is 0 Å². The van der Waals surface area contributed by atoms with Crippen molar-refractivity contribution in [2.45, 2.75) is 162 Å². The highest BCUT2D eigenvalue weighted by atomic mass is 19.4. The first-order valence-corrected chi connectivity index (χ1v) is 20.7. The van der Waals surface area contributed by atoms with Gasteiger partial charge in [0.25, 0.3) is 5.91 Å². The highest BCUT2D eigenvalue weighted by Gasteiger charge is 2.70.